The van der Waals surface area contributed by atoms with Gasteiger partial charge in [-0.25, -0.2) is 0 Å². The van der Waals surface area contributed by atoms with Crippen LogP contribution < -0.4 is 10.6 Å². The van der Waals surface area contributed by atoms with Crippen molar-refractivity contribution < 1.29 is 17.9 Å². The van der Waals surface area contributed by atoms with E-state index in [2.05, 4.69) is 34.6 Å². The summed E-state index contributed by atoms with van der Waals surface area (Å²) in [6.45, 7) is 6.95. The van der Waals surface area contributed by atoms with Crippen LogP contribution in [0.25, 0.3) is 0 Å². The normalized spacial score (nSPS) is 21.6. The third kappa shape index (κ3) is 5.11. The molecule has 1 aliphatic rings. The summed E-state index contributed by atoms with van der Waals surface area (Å²) in [5, 5.41) is 9.89. The second kappa shape index (κ2) is 10.1. The van der Waals surface area contributed by atoms with Crippen molar-refractivity contribution in [1.29, 1.82) is 0 Å². The lowest BCUT2D eigenvalue weighted by Crippen LogP contribution is -2.65. The van der Waals surface area contributed by atoms with E-state index in [9.17, 15) is 13.2 Å². The largest absolute Gasteiger partial charge is 0.435 e. The lowest BCUT2D eigenvalue weighted by molar-refractivity contribution is -0.142. The van der Waals surface area contributed by atoms with Crippen molar-refractivity contribution in [2.75, 3.05) is 13.7 Å². The monoisotopic (exact) mass is 517 g/mol. The summed E-state index contributed by atoms with van der Waals surface area (Å²) in [7, 11) is 3.09. The fourth-order valence-electron chi connectivity index (χ4n) is 4.03. The summed E-state index contributed by atoms with van der Waals surface area (Å²) in [5.74, 6) is 0.484. The Morgan fingerprint density at radius 2 is 2.00 bits per heavy atom. The molecule has 2 N–H and O–H groups in total. The molecule has 0 radical (unpaired) electrons. The van der Waals surface area contributed by atoms with E-state index < -0.39 is 11.9 Å². The smallest absolute Gasteiger partial charge is 0.378 e. The maximum Gasteiger partial charge on any atom is 0.435 e. The summed E-state index contributed by atoms with van der Waals surface area (Å²) in [6, 6.07) is 0.172. The fraction of sp³-hybridized carbons (Fsp3) is 0.778. The number of nitrogens with zero attached hydrogens (tertiary/aromatic N) is 3. The zero-order valence-electron chi connectivity index (χ0n) is 17.1. The zero-order valence-corrected chi connectivity index (χ0v) is 19.4. The number of alkyl halides is 3. The van der Waals surface area contributed by atoms with Crippen molar-refractivity contribution in [1.82, 2.24) is 20.4 Å². The number of nitrogens with one attached hydrogen (secondary N) is 2. The average molecular weight is 517 g/mol. The molecule has 6 nitrogen and oxygen atoms in total. The van der Waals surface area contributed by atoms with E-state index in [0.717, 1.165) is 19.3 Å². The molecule has 1 aromatic heterocycles. The lowest BCUT2D eigenvalue weighted by Gasteiger charge is -2.55. The van der Waals surface area contributed by atoms with Crippen LogP contribution in [0.4, 0.5) is 13.2 Å². The standard InChI is InChI=1S/C18H30F3N5O.HI/c1-6-17(7-2)13(9-14(17)27-8-3)24-16(22-4)23-10-12-11-26(5)25-15(12)18(19,20)21;/h11,13-14H,6-10H2,1-5H3,(H2,22,23,24);1H. The maximum absolute atomic E-state index is 13.1. The Labute approximate surface area is 181 Å². The Hall–Kier alpha value is -1.04. The number of hydrogen-bond acceptors (Lipinski definition) is 3. The summed E-state index contributed by atoms with van der Waals surface area (Å²) in [5.41, 5.74) is -0.769. The Bertz CT molecular complexity index is 658. The third-order valence-corrected chi connectivity index (χ3v) is 5.62. The summed E-state index contributed by atoms with van der Waals surface area (Å²) in [4.78, 5) is 4.17. The highest BCUT2D eigenvalue weighted by Crippen LogP contribution is 2.48. The predicted molar refractivity (Wildman–Crippen MR) is 114 cm³/mol. The molecule has 1 aliphatic carbocycles. The molecule has 0 spiro atoms. The van der Waals surface area contributed by atoms with Gasteiger partial charge in [0.2, 0.25) is 0 Å². The van der Waals surface area contributed by atoms with Crippen LogP contribution in [-0.2, 0) is 24.5 Å². The minimum Gasteiger partial charge on any atom is -0.378 e. The first-order valence-electron chi connectivity index (χ1n) is 9.40. The van der Waals surface area contributed by atoms with Crippen LogP contribution in [0, 0.1) is 5.41 Å². The molecule has 2 rings (SSSR count). The van der Waals surface area contributed by atoms with Gasteiger partial charge >= 0.3 is 6.18 Å². The van der Waals surface area contributed by atoms with E-state index in [1.165, 1.54) is 17.9 Å². The van der Waals surface area contributed by atoms with Gasteiger partial charge in [-0.15, -0.1) is 24.0 Å². The van der Waals surface area contributed by atoms with Crippen molar-refractivity contribution in [2.24, 2.45) is 17.5 Å². The Morgan fingerprint density at radius 1 is 1.36 bits per heavy atom. The number of aliphatic imine (C=N–C) groups is 1. The molecule has 2 atom stereocenters. The predicted octanol–water partition coefficient (Wildman–Crippen LogP) is 3.71. The van der Waals surface area contributed by atoms with Gasteiger partial charge < -0.3 is 15.4 Å². The lowest BCUT2D eigenvalue weighted by atomic mass is 9.58. The van der Waals surface area contributed by atoms with Gasteiger partial charge in [0, 0.05) is 50.5 Å². The van der Waals surface area contributed by atoms with Gasteiger partial charge in [0.15, 0.2) is 11.7 Å². The van der Waals surface area contributed by atoms with Crippen molar-refractivity contribution >= 4 is 29.9 Å². The average Bonchev–Trinajstić information content (AvgIpc) is 2.99. The number of hydrogen-bond donors (Lipinski definition) is 2. The van der Waals surface area contributed by atoms with E-state index in [4.69, 9.17) is 4.74 Å². The Kier molecular flexibility index (Phi) is 9.04. The molecule has 1 heterocycles. The highest BCUT2D eigenvalue weighted by molar-refractivity contribution is 14.0. The Morgan fingerprint density at radius 3 is 2.50 bits per heavy atom. The summed E-state index contributed by atoms with van der Waals surface area (Å²) in [6.07, 6.45) is -0.124. The molecule has 0 saturated heterocycles. The second-order valence-corrected chi connectivity index (χ2v) is 6.92. The molecular weight excluding hydrogens is 486 g/mol. The highest BCUT2D eigenvalue weighted by Gasteiger charge is 2.53. The molecule has 1 fully saturated rings. The van der Waals surface area contributed by atoms with Crippen LogP contribution >= 0.6 is 24.0 Å². The van der Waals surface area contributed by atoms with Crippen molar-refractivity contribution in [3.8, 4) is 0 Å². The number of aromatic nitrogens is 2. The molecule has 0 bridgehead atoms. The topological polar surface area (TPSA) is 63.5 Å². The first-order chi connectivity index (χ1) is 12.7. The van der Waals surface area contributed by atoms with E-state index in [1.54, 1.807) is 7.05 Å². The van der Waals surface area contributed by atoms with Gasteiger partial charge in [-0.3, -0.25) is 9.67 Å². The van der Waals surface area contributed by atoms with Crippen LogP contribution in [0.15, 0.2) is 11.2 Å². The molecule has 1 saturated carbocycles. The Balaban J connectivity index is 0.00000392. The minimum atomic E-state index is -4.48. The van der Waals surface area contributed by atoms with E-state index in [0.29, 0.717) is 12.6 Å². The van der Waals surface area contributed by atoms with Gasteiger partial charge in [-0.05, 0) is 26.2 Å². The number of halogens is 4. The maximum atomic E-state index is 13.1. The number of guanidine groups is 1. The summed E-state index contributed by atoms with van der Waals surface area (Å²) >= 11 is 0. The molecule has 162 valence electrons. The first kappa shape index (κ1) is 25.0. The zero-order chi connectivity index (χ0) is 20.2. The van der Waals surface area contributed by atoms with E-state index in [1.807, 2.05) is 6.92 Å². The second-order valence-electron chi connectivity index (χ2n) is 6.92. The molecule has 10 heteroatoms. The molecule has 28 heavy (non-hydrogen) atoms. The number of aryl methyl sites for hydroxylation is 1. The van der Waals surface area contributed by atoms with Crippen LogP contribution in [0.5, 0.6) is 0 Å². The number of rotatable bonds is 7. The van der Waals surface area contributed by atoms with Gasteiger partial charge in [0.05, 0.1) is 6.10 Å². The van der Waals surface area contributed by atoms with Crippen LogP contribution in [0.2, 0.25) is 0 Å². The van der Waals surface area contributed by atoms with Gasteiger partial charge in [0.1, 0.15) is 0 Å². The molecular formula is C18H31F3IN5O. The van der Waals surface area contributed by atoms with Gasteiger partial charge in [-0.2, -0.15) is 18.3 Å². The molecule has 1 aromatic rings. The van der Waals surface area contributed by atoms with Crippen LogP contribution in [0.3, 0.4) is 0 Å². The SMILES string of the molecule is CCOC1CC(NC(=NC)NCc2cn(C)nc2C(F)(F)F)C1(CC)CC.I. The number of ether oxygens (including phenoxy) is 1. The molecule has 0 aromatic carbocycles. The van der Waals surface area contributed by atoms with Crippen LogP contribution in [-0.4, -0.2) is 41.5 Å². The first-order valence-corrected chi connectivity index (χ1v) is 9.40. The third-order valence-electron chi connectivity index (χ3n) is 5.62. The molecule has 0 aliphatic heterocycles. The van der Waals surface area contributed by atoms with Crippen LogP contribution in [0.1, 0.15) is 51.3 Å². The fourth-order valence-corrected chi connectivity index (χ4v) is 4.03. The van der Waals surface area contributed by atoms with E-state index >= 15 is 0 Å². The molecule has 2 unspecified atom stereocenters. The van der Waals surface area contributed by atoms with Crippen molar-refractivity contribution in [3.05, 3.63) is 17.5 Å². The van der Waals surface area contributed by atoms with E-state index in [-0.39, 0.29) is 53.6 Å². The van der Waals surface area contributed by atoms with Crippen molar-refractivity contribution in [3.63, 3.8) is 0 Å². The van der Waals surface area contributed by atoms with Gasteiger partial charge in [0.25, 0.3) is 0 Å². The highest BCUT2D eigenvalue weighted by atomic mass is 127. The quantitative estimate of drug-likeness (QED) is 0.329. The summed E-state index contributed by atoms with van der Waals surface area (Å²) < 4.78 is 46.3. The van der Waals surface area contributed by atoms with Gasteiger partial charge in [-0.1, -0.05) is 13.8 Å². The minimum absolute atomic E-state index is 0. The molecule has 0 amide bonds. The van der Waals surface area contributed by atoms with Crippen molar-refractivity contribution in [2.45, 2.75) is 64.9 Å².